The van der Waals surface area contributed by atoms with Crippen LogP contribution in [0.2, 0.25) is 0 Å². The van der Waals surface area contributed by atoms with E-state index in [9.17, 15) is 4.79 Å². The van der Waals surface area contributed by atoms with Crippen LogP contribution in [0.4, 0.5) is 0 Å². The quantitative estimate of drug-likeness (QED) is 0.678. The molecule has 0 aromatic heterocycles. The fraction of sp³-hybridized carbons (Fsp3) is 0.944. The van der Waals surface area contributed by atoms with E-state index >= 15 is 0 Å². The van der Waals surface area contributed by atoms with Gasteiger partial charge in [-0.05, 0) is 63.7 Å². The monoisotopic (exact) mass is 381 g/mol. The van der Waals surface area contributed by atoms with Gasteiger partial charge in [0.1, 0.15) is 0 Å². The molecule has 3 atom stereocenters. The standard InChI is InChI=1S/C18H35N3O.2ClH/c1-3-21(4-2)14-16-7-5-6-8-17(16)20-18(22)10-9-15-11-12-19-13-15;;/h15-17,19H,3-14H2,1-2H3,(H,20,22);2*1H. The summed E-state index contributed by atoms with van der Waals surface area (Å²) >= 11 is 0. The van der Waals surface area contributed by atoms with Crippen LogP contribution in [0.3, 0.4) is 0 Å². The maximum Gasteiger partial charge on any atom is 0.220 e. The highest BCUT2D eigenvalue weighted by atomic mass is 35.5. The predicted octanol–water partition coefficient (Wildman–Crippen LogP) is 3.24. The molecule has 144 valence electrons. The first-order valence-electron chi connectivity index (χ1n) is 9.45. The Labute approximate surface area is 160 Å². The van der Waals surface area contributed by atoms with Crippen LogP contribution in [0.5, 0.6) is 0 Å². The molecule has 3 unspecified atom stereocenters. The molecule has 0 radical (unpaired) electrons. The van der Waals surface area contributed by atoms with E-state index in [4.69, 9.17) is 0 Å². The van der Waals surface area contributed by atoms with Crippen molar-refractivity contribution in [1.29, 1.82) is 0 Å². The molecule has 2 fully saturated rings. The summed E-state index contributed by atoms with van der Waals surface area (Å²) in [5.74, 6) is 1.64. The Balaban J connectivity index is 0.00000264. The molecule has 1 heterocycles. The van der Waals surface area contributed by atoms with Crippen molar-refractivity contribution in [2.45, 2.75) is 64.8 Å². The number of nitrogens with zero attached hydrogens (tertiary/aromatic N) is 1. The number of hydrogen-bond acceptors (Lipinski definition) is 3. The molecule has 1 amide bonds. The average molecular weight is 382 g/mol. The Morgan fingerprint density at radius 2 is 1.83 bits per heavy atom. The molecular formula is C18H37Cl2N3O. The Hall–Kier alpha value is -0.0300. The van der Waals surface area contributed by atoms with Gasteiger partial charge in [0, 0.05) is 19.0 Å². The molecule has 0 spiro atoms. The molecule has 6 heteroatoms. The van der Waals surface area contributed by atoms with E-state index in [2.05, 4.69) is 29.4 Å². The maximum atomic E-state index is 12.3. The highest BCUT2D eigenvalue weighted by molar-refractivity contribution is 5.85. The zero-order chi connectivity index (χ0) is 15.8. The van der Waals surface area contributed by atoms with Crippen molar-refractivity contribution in [3.8, 4) is 0 Å². The molecule has 0 aromatic rings. The largest absolute Gasteiger partial charge is 0.353 e. The third kappa shape index (κ3) is 7.90. The van der Waals surface area contributed by atoms with E-state index in [1.807, 2.05) is 0 Å². The molecule has 1 aliphatic heterocycles. The molecule has 1 aliphatic carbocycles. The Kier molecular flexibility index (Phi) is 13.2. The van der Waals surface area contributed by atoms with Crippen LogP contribution < -0.4 is 10.6 Å². The van der Waals surface area contributed by atoms with Crippen molar-refractivity contribution in [1.82, 2.24) is 15.5 Å². The van der Waals surface area contributed by atoms with E-state index < -0.39 is 0 Å². The van der Waals surface area contributed by atoms with Gasteiger partial charge in [-0.15, -0.1) is 24.8 Å². The van der Waals surface area contributed by atoms with Crippen molar-refractivity contribution in [2.75, 3.05) is 32.7 Å². The van der Waals surface area contributed by atoms with Gasteiger partial charge in [-0.1, -0.05) is 26.7 Å². The molecule has 4 nitrogen and oxygen atoms in total. The number of hydrogen-bond donors (Lipinski definition) is 2. The number of carbonyl (C=O) groups excluding carboxylic acids is 1. The Morgan fingerprint density at radius 3 is 2.46 bits per heavy atom. The number of rotatable bonds is 8. The van der Waals surface area contributed by atoms with Crippen molar-refractivity contribution in [3.05, 3.63) is 0 Å². The summed E-state index contributed by atoms with van der Waals surface area (Å²) in [6.07, 6.45) is 8.03. The van der Waals surface area contributed by atoms with Gasteiger partial charge in [0.2, 0.25) is 5.91 Å². The van der Waals surface area contributed by atoms with Gasteiger partial charge in [0.05, 0.1) is 0 Å². The third-order valence-corrected chi connectivity index (χ3v) is 5.58. The lowest BCUT2D eigenvalue weighted by atomic mass is 9.84. The average Bonchev–Trinajstić information content (AvgIpc) is 3.05. The third-order valence-electron chi connectivity index (χ3n) is 5.58. The Morgan fingerprint density at radius 1 is 1.12 bits per heavy atom. The molecular weight excluding hydrogens is 345 g/mol. The lowest BCUT2D eigenvalue weighted by Crippen LogP contribution is -2.46. The normalized spacial score (nSPS) is 26.5. The van der Waals surface area contributed by atoms with Gasteiger partial charge in [-0.2, -0.15) is 0 Å². The smallest absolute Gasteiger partial charge is 0.220 e. The second kappa shape index (κ2) is 13.2. The van der Waals surface area contributed by atoms with E-state index in [1.165, 1.54) is 32.1 Å². The molecule has 0 aromatic carbocycles. The molecule has 2 N–H and O–H groups in total. The summed E-state index contributed by atoms with van der Waals surface area (Å²) in [6, 6.07) is 0.406. The summed E-state index contributed by atoms with van der Waals surface area (Å²) in [5.41, 5.74) is 0. The summed E-state index contributed by atoms with van der Waals surface area (Å²) < 4.78 is 0. The molecule has 2 rings (SSSR count). The number of amides is 1. The number of nitrogens with one attached hydrogen (secondary N) is 2. The highest BCUT2D eigenvalue weighted by Crippen LogP contribution is 2.25. The lowest BCUT2D eigenvalue weighted by Gasteiger charge is -2.35. The van der Waals surface area contributed by atoms with Crippen LogP contribution in [0.15, 0.2) is 0 Å². The second-order valence-corrected chi connectivity index (χ2v) is 7.10. The minimum absolute atomic E-state index is 0. The molecule has 1 saturated carbocycles. The first-order chi connectivity index (χ1) is 10.7. The summed E-state index contributed by atoms with van der Waals surface area (Å²) in [4.78, 5) is 14.8. The minimum atomic E-state index is 0. The number of carbonyl (C=O) groups is 1. The van der Waals surface area contributed by atoms with Crippen LogP contribution in [0, 0.1) is 11.8 Å². The highest BCUT2D eigenvalue weighted by Gasteiger charge is 2.27. The van der Waals surface area contributed by atoms with Crippen molar-refractivity contribution in [2.24, 2.45) is 11.8 Å². The van der Waals surface area contributed by atoms with Gasteiger partial charge >= 0.3 is 0 Å². The zero-order valence-corrected chi connectivity index (χ0v) is 17.0. The molecule has 24 heavy (non-hydrogen) atoms. The first kappa shape index (κ1) is 24.0. The zero-order valence-electron chi connectivity index (χ0n) is 15.4. The first-order valence-corrected chi connectivity index (χ1v) is 9.45. The summed E-state index contributed by atoms with van der Waals surface area (Å²) in [6.45, 7) is 10.1. The summed E-state index contributed by atoms with van der Waals surface area (Å²) in [5, 5.41) is 6.74. The summed E-state index contributed by atoms with van der Waals surface area (Å²) in [7, 11) is 0. The minimum Gasteiger partial charge on any atom is -0.353 e. The van der Waals surface area contributed by atoms with Crippen LogP contribution in [0.25, 0.3) is 0 Å². The van der Waals surface area contributed by atoms with Crippen LogP contribution in [-0.4, -0.2) is 49.6 Å². The van der Waals surface area contributed by atoms with Crippen LogP contribution in [-0.2, 0) is 4.79 Å². The Bertz CT molecular complexity index is 334. The van der Waals surface area contributed by atoms with Crippen molar-refractivity contribution in [3.63, 3.8) is 0 Å². The fourth-order valence-electron chi connectivity index (χ4n) is 4.00. The molecule has 1 saturated heterocycles. The van der Waals surface area contributed by atoms with Gasteiger partial charge < -0.3 is 15.5 Å². The lowest BCUT2D eigenvalue weighted by molar-refractivity contribution is -0.122. The van der Waals surface area contributed by atoms with Gasteiger partial charge in [0.25, 0.3) is 0 Å². The fourth-order valence-corrected chi connectivity index (χ4v) is 4.00. The van der Waals surface area contributed by atoms with Gasteiger partial charge in [0.15, 0.2) is 0 Å². The van der Waals surface area contributed by atoms with Gasteiger partial charge in [-0.3, -0.25) is 4.79 Å². The van der Waals surface area contributed by atoms with E-state index in [0.29, 0.717) is 24.3 Å². The SMILES string of the molecule is CCN(CC)CC1CCCCC1NC(=O)CCC1CCNC1.Cl.Cl. The van der Waals surface area contributed by atoms with Crippen LogP contribution in [0.1, 0.15) is 58.8 Å². The number of halogens is 2. The van der Waals surface area contributed by atoms with E-state index in [0.717, 1.165) is 39.1 Å². The molecule has 2 aliphatic rings. The van der Waals surface area contributed by atoms with Crippen LogP contribution >= 0.6 is 24.8 Å². The van der Waals surface area contributed by atoms with E-state index in [1.54, 1.807) is 0 Å². The molecule has 0 bridgehead atoms. The van der Waals surface area contributed by atoms with Gasteiger partial charge in [-0.25, -0.2) is 0 Å². The predicted molar refractivity (Wildman–Crippen MR) is 106 cm³/mol. The topological polar surface area (TPSA) is 44.4 Å². The van der Waals surface area contributed by atoms with Crippen molar-refractivity contribution < 1.29 is 4.79 Å². The van der Waals surface area contributed by atoms with E-state index in [-0.39, 0.29) is 30.7 Å². The maximum absolute atomic E-state index is 12.3. The van der Waals surface area contributed by atoms with Crippen molar-refractivity contribution >= 4 is 30.7 Å². The second-order valence-electron chi connectivity index (χ2n) is 7.10.